The molecule has 0 spiro atoms. The van der Waals surface area contributed by atoms with Crippen LogP contribution in [-0.2, 0) is 30.3 Å². The normalized spacial score (nSPS) is 12.0. The third-order valence-electron chi connectivity index (χ3n) is 6.44. The van der Waals surface area contributed by atoms with Crippen molar-refractivity contribution in [3.8, 4) is 11.5 Å². The quantitative estimate of drug-likeness (QED) is 0.211. The van der Waals surface area contributed by atoms with Crippen LogP contribution in [0.25, 0.3) is 0 Å². The molecule has 44 heavy (non-hydrogen) atoms. The maximum atomic E-state index is 13.2. The molecule has 0 aromatic heterocycles. The van der Waals surface area contributed by atoms with Crippen molar-refractivity contribution in [2.24, 2.45) is 16.6 Å². The van der Waals surface area contributed by atoms with E-state index in [1.54, 1.807) is 60.7 Å². The van der Waals surface area contributed by atoms with E-state index in [1.807, 2.05) is 0 Å². The second kappa shape index (κ2) is 14.4. The first-order valence-corrected chi connectivity index (χ1v) is 13.7. The molecule has 0 saturated carbocycles. The molecule has 0 unspecified atom stereocenters. The van der Waals surface area contributed by atoms with E-state index in [-0.39, 0.29) is 31.1 Å². The van der Waals surface area contributed by atoms with Crippen LogP contribution in [0.4, 0.5) is 0 Å². The minimum Gasteiger partial charge on any atom is -0.480 e. The maximum absolute atomic E-state index is 13.2. The van der Waals surface area contributed by atoms with Crippen molar-refractivity contribution in [2.75, 3.05) is 13.2 Å². The minimum atomic E-state index is -1.33. The molecule has 3 aromatic carbocycles. The van der Waals surface area contributed by atoms with Gasteiger partial charge < -0.3 is 29.8 Å². The van der Waals surface area contributed by atoms with E-state index in [0.29, 0.717) is 16.7 Å². The van der Waals surface area contributed by atoms with E-state index < -0.39 is 46.7 Å². The second-order valence-corrected chi connectivity index (χ2v) is 11.4. The van der Waals surface area contributed by atoms with Crippen LogP contribution >= 0.6 is 0 Å². The zero-order valence-electron chi connectivity index (χ0n) is 24.9. The zero-order valence-corrected chi connectivity index (χ0v) is 24.9. The van der Waals surface area contributed by atoms with Gasteiger partial charge in [-0.3, -0.25) is 14.4 Å². The average molecular weight is 606 g/mol. The van der Waals surface area contributed by atoms with Crippen LogP contribution in [0.15, 0.2) is 78.9 Å². The molecule has 0 bridgehead atoms. The van der Waals surface area contributed by atoms with Gasteiger partial charge in [0.25, 0.3) is 0 Å². The smallest absolute Gasteiger partial charge is 0.338 e. The Kier molecular flexibility index (Phi) is 11.0. The maximum Gasteiger partial charge on any atom is 0.338 e. The Morgan fingerprint density at radius 1 is 0.682 bits per heavy atom. The number of nitrogens with two attached hydrogens (primary N) is 1. The molecule has 3 aromatic rings. The summed E-state index contributed by atoms with van der Waals surface area (Å²) in [5.74, 6) is -4.40. The number of rotatable bonds is 13. The van der Waals surface area contributed by atoms with Crippen LogP contribution in [0.3, 0.4) is 0 Å². The number of esters is 4. The van der Waals surface area contributed by atoms with Crippen molar-refractivity contribution in [3.63, 3.8) is 0 Å². The van der Waals surface area contributed by atoms with Gasteiger partial charge in [-0.05, 0) is 76.1 Å². The Bertz CT molecular complexity index is 1500. The third kappa shape index (κ3) is 9.23. The van der Waals surface area contributed by atoms with Gasteiger partial charge in [-0.2, -0.15) is 0 Å². The van der Waals surface area contributed by atoms with Crippen LogP contribution in [0, 0.1) is 10.8 Å². The Labute approximate surface area is 254 Å². The molecule has 0 aliphatic heterocycles. The van der Waals surface area contributed by atoms with Crippen molar-refractivity contribution < 1.29 is 48.0 Å². The topological polar surface area (TPSA) is 169 Å². The average Bonchev–Trinajstić information content (AvgIpc) is 3.00. The molecule has 0 aliphatic rings. The lowest BCUT2D eigenvalue weighted by Crippen LogP contribution is -2.36. The number of carboxylic acids is 1. The highest BCUT2D eigenvalue weighted by molar-refractivity contribution is 5.90. The van der Waals surface area contributed by atoms with Gasteiger partial charge in [0.2, 0.25) is 0 Å². The lowest BCUT2D eigenvalue weighted by molar-refractivity contribution is -0.149. The number of benzene rings is 3. The van der Waals surface area contributed by atoms with Gasteiger partial charge in [-0.1, -0.05) is 42.5 Å². The van der Waals surface area contributed by atoms with Gasteiger partial charge in [-0.25, -0.2) is 9.59 Å². The van der Waals surface area contributed by atoms with Crippen molar-refractivity contribution in [1.82, 2.24) is 0 Å². The number of aliphatic carboxylic acids is 1. The summed E-state index contributed by atoms with van der Waals surface area (Å²) >= 11 is 0. The number of hydrogen-bond donors (Lipinski definition) is 2. The summed E-state index contributed by atoms with van der Waals surface area (Å²) in [6.07, 6.45) is -0.104. The minimum absolute atomic E-state index is 0.104. The molecule has 3 rings (SSSR count). The molecule has 11 heteroatoms. The summed E-state index contributed by atoms with van der Waals surface area (Å²) < 4.78 is 21.8. The fourth-order valence-corrected chi connectivity index (χ4v) is 3.59. The van der Waals surface area contributed by atoms with Crippen molar-refractivity contribution >= 4 is 29.8 Å². The van der Waals surface area contributed by atoms with Crippen LogP contribution in [0.5, 0.6) is 11.5 Å². The van der Waals surface area contributed by atoms with Gasteiger partial charge in [0.1, 0.15) is 19.3 Å². The Hall–Kier alpha value is -5.03. The molecular weight excluding hydrogens is 570 g/mol. The fourth-order valence-electron chi connectivity index (χ4n) is 3.59. The Morgan fingerprint density at radius 2 is 1.11 bits per heavy atom. The van der Waals surface area contributed by atoms with Crippen LogP contribution < -0.4 is 15.2 Å². The molecule has 0 amide bonds. The molecule has 232 valence electrons. The summed E-state index contributed by atoms with van der Waals surface area (Å²) in [7, 11) is 0. The number of ether oxygens (including phenoxy) is 4. The van der Waals surface area contributed by atoms with Gasteiger partial charge in [0.15, 0.2) is 11.5 Å². The second-order valence-electron chi connectivity index (χ2n) is 11.4. The number of hydrogen-bond acceptors (Lipinski definition) is 10. The van der Waals surface area contributed by atoms with E-state index >= 15 is 0 Å². The van der Waals surface area contributed by atoms with E-state index in [2.05, 4.69) is 0 Å². The van der Waals surface area contributed by atoms with Crippen LogP contribution in [-0.4, -0.2) is 54.2 Å². The number of carbonyl (C=O) groups is 5. The summed E-state index contributed by atoms with van der Waals surface area (Å²) in [5, 5.41) is 9.22. The number of carboxylic acid groups (broad SMARTS) is 1. The first kappa shape index (κ1) is 33.5. The van der Waals surface area contributed by atoms with Crippen LogP contribution in [0.1, 0.15) is 54.0 Å². The first-order chi connectivity index (χ1) is 20.7. The predicted molar refractivity (Wildman–Crippen MR) is 158 cm³/mol. The van der Waals surface area contributed by atoms with Gasteiger partial charge in [0, 0.05) is 0 Å². The highest BCUT2D eigenvalue weighted by Gasteiger charge is 2.35. The summed E-state index contributed by atoms with van der Waals surface area (Å²) in [6, 6.07) is 19.5. The fraction of sp³-hybridized carbons (Fsp3) is 0.303. The predicted octanol–water partition coefficient (Wildman–Crippen LogP) is 4.22. The van der Waals surface area contributed by atoms with Crippen molar-refractivity contribution in [1.29, 1.82) is 0 Å². The first-order valence-electron chi connectivity index (χ1n) is 13.7. The molecule has 3 N–H and O–H groups in total. The Morgan fingerprint density at radius 3 is 1.55 bits per heavy atom. The molecular formula is C33H35NO10. The van der Waals surface area contributed by atoms with Gasteiger partial charge in [0.05, 0.1) is 22.0 Å². The molecule has 0 fully saturated rings. The molecule has 1 atom stereocenters. The van der Waals surface area contributed by atoms with Crippen LogP contribution in [0.2, 0.25) is 0 Å². The molecule has 0 aliphatic carbocycles. The monoisotopic (exact) mass is 605 g/mol. The highest BCUT2D eigenvalue weighted by Crippen LogP contribution is 2.33. The SMILES string of the molecule is CC(C)(COC(=O)c1ccccc1)C(=O)Oc1ccc(C[C@H](N)C(=O)O)cc1OC(=O)C(C)(C)COC(=O)c1ccccc1. The van der Waals surface area contributed by atoms with Crippen molar-refractivity contribution in [2.45, 2.75) is 40.2 Å². The molecule has 0 radical (unpaired) electrons. The number of carbonyl (C=O) groups excluding carboxylic acids is 4. The van der Waals surface area contributed by atoms with E-state index in [1.165, 1.54) is 45.9 Å². The Balaban J connectivity index is 1.77. The highest BCUT2D eigenvalue weighted by atomic mass is 16.6. The van der Waals surface area contributed by atoms with E-state index in [9.17, 15) is 29.1 Å². The third-order valence-corrected chi connectivity index (χ3v) is 6.44. The van der Waals surface area contributed by atoms with Crippen molar-refractivity contribution in [3.05, 3.63) is 95.6 Å². The standard InChI is InChI=1S/C33H35NO10/c1-32(2,19-41-28(37)22-11-7-5-8-12-22)30(39)43-25-16-15-21(17-24(34)27(35)36)18-26(25)44-31(40)33(3,4)20-42-29(38)23-13-9-6-10-14-23/h5-16,18,24H,17,19-20,34H2,1-4H3,(H,35,36)/t24-/m0/s1. The zero-order chi connectivity index (χ0) is 32.5. The molecule has 0 heterocycles. The summed E-state index contributed by atoms with van der Waals surface area (Å²) in [4.78, 5) is 62.5. The molecule has 11 nitrogen and oxygen atoms in total. The summed E-state index contributed by atoms with van der Waals surface area (Å²) in [6.45, 7) is 5.42. The lowest BCUT2D eigenvalue weighted by Gasteiger charge is -2.25. The largest absolute Gasteiger partial charge is 0.480 e. The van der Waals surface area contributed by atoms with E-state index in [0.717, 1.165) is 0 Å². The lowest BCUT2D eigenvalue weighted by atomic mass is 9.95. The van der Waals surface area contributed by atoms with E-state index in [4.69, 9.17) is 24.7 Å². The summed E-state index contributed by atoms with van der Waals surface area (Å²) in [5.41, 5.74) is 4.07. The molecule has 0 saturated heterocycles. The van der Waals surface area contributed by atoms with Gasteiger partial charge in [-0.15, -0.1) is 0 Å². The van der Waals surface area contributed by atoms with Gasteiger partial charge >= 0.3 is 29.8 Å².